The van der Waals surface area contributed by atoms with Gasteiger partial charge in [-0.3, -0.25) is 4.79 Å². The number of hydrogen-bond acceptors (Lipinski definition) is 7. The van der Waals surface area contributed by atoms with Crippen LogP contribution in [0.5, 0.6) is 11.5 Å². The molecule has 1 aliphatic rings. The molecule has 3 rings (SSSR count). The molecule has 0 radical (unpaired) electrons. The molecule has 1 fully saturated rings. The summed E-state index contributed by atoms with van der Waals surface area (Å²) >= 11 is 0. The highest BCUT2D eigenvalue weighted by Crippen LogP contribution is 2.26. The summed E-state index contributed by atoms with van der Waals surface area (Å²) in [6, 6.07) is 9.08. The van der Waals surface area contributed by atoms with E-state index in [1.165, 1.54) is 36.7 Å². The molecule has 32 heavy (non-hydrogen) atoms. The van der Waals surface area contributed by atoms with Crippen LogP contribution < -0.4 is 9.47 Å². The Morgan fingerprint density at radius 1 is 0.969 bits per heavy atom. The molecule has 1 aliphatic heterocycles. The van der Waals surface area contributed by atoms with Crippen molar-refractivity contribution in [1.82, 2.24) is 4.31 Å². The average molecular weight is 462 g/mol. The van der Waals surface area contributed by atoms with Gasteiger partial charge in [-0.05, 0) is 49.6 Å². The van der Waals surface area contributed by atoms with E-state index in [9.17, 15) is 18.0 Å². The van der Waals surface area contributed by atoms with Gasteiger partial charge in [0.15, 0.2) is 6.61 Å². The molecule has 1 saturated heterocycles. The monoisotopic (exact) mass is 461 g/mol. The zero-order valence-electron chi connectivity index (χ0n) is 18.4. The fourth-order valence-electron chi connectivity index (χ4n) is 3.57. The minimum Gasteiger partial charge on any atom is -0.497 e. The van der Waals surface area contributed by atoms with Crippen molar-refractivity contribution < 1.29 is 32.2 Å². The predicted octanol–water partition coefficient (Wildman–Crippen LogP) is 3.23. The van der Waals surface area contributed by atoms with E-state index in [0.29, 0.717) is 30.2 Å². The molecule has 2 aromatic carbocycles. The van der Waals surface area contributed by atoms with Gasteiger partial charge in [0.05, 0.1) is 30.2 Å². The van der Waals surface area contributed by atoms with Crippen molar-refractivity contribution in [1.29, 1.82) is 0 Å². The van der Waals surface area contributed by atoms with Gasteiger partial charge in [0, 0.05) is 19.2 Å². The molecule has 0 atom stereocenters. The van der Waals surface area contributed by atoms with Gasteiger partial charge in [0.25, 0.3) is 0 Å². The molecule has 2 aromatic rings. The number of methoxy groups -OCH3 is 2. The molecule has 172 valence electrons. The Kier molecular flexibility index (Phi) is 7.52. The first-order valence-corrected chi connectivity index (χ1v) is 11.7. The van der Waals surface area contributed by atoms with Crippen LogP contribution in [0.4, 0.5) is 0 Å². The molecule has 9 heteroatoms. The minimum atomic E-state index is -3.71. The van der Waals surface area contributed by atoms with Gasteiger partial charge in [0.2, 0.25) is 15.8 Å². The third-order valence-corrected chi connectivity index (χ3v) is 7.44. The van der Waals surface area contributed by atoms with Crippen molar-refractivity contribution >= 4 is 21.8 Å². The van der Waals surface area contributed by atoms with Crippen LogP contribution in [-0.4, -0.2) is 58.4 Å². The van der Waals surface area contributed by atoms with Crippen molar-refractivity contribution in [2.45, 2.75) is 31.1 Å². The minimum absolute atomic E-state index is 0.0701. The first-order chi connectivity index (χ1) is 15.3. The number of hydrogen-bond donors (Lipinski definition) is 0. The Labute approximate surface area is 188 Å². The zero-order valence-corrected chi connectivity index (χ0v) is 19.2. The molecule has 0 bridgehead atoms. The quantitative estimate of drug-likeness (QED) is 0.440. The van der Waals surface area contributed by atoms with Crippen molar-refractivity contribution in [2.75, 3.05) is 33.9 Å². The van der Waals surface area contributed by atoms with Gasteiger partial charge in [-0.25, -0.2) is 13.2 Å². The Hall–Kier alpha value is -2.91. The number of piperidine rings is 1. The number of benzene rings is 2. The largest absolute Gasteiger partial charge is 0.497 e. The summed E-state index contributed by atoms with van der Waals surface area (Å²) in [7, 11) is -0.784. The average Bonchev–Trinajstić information content (AvgIpc) is 2.82. The molecular formula is C23H27NO7S. The molecule has 0 unspecified atom stereocenters. The predicted molar refractivity (Wildman–Crippen MR) is 118 cm³/mol. The van der Waals surface area contributed by atoms with Crippen LogP contribution >= 0.6 is 0 Å². The maximum absolute atomic E-state index is 13.1. The highest BCUT2D eigenvalue weighted by atomic mass is 32.2. The van der Waals surface area contributed by atoms with E-state index < -0.39 is 28.4 Å². The van der Waals surface area contributed by atoms with Crippen molar-refractivity contribution in [3.05, 3.63) is 53.1 Å². The lowest BCUT2D eigenvalue weighted by Gasteiger charge is -2.26. The maximum Gasteiger partial charge on any atom is 0.338 e. The number of esters is 1. The highest BCUT2D eigenvalue weighted by Gasteiger charge is 2.28. The van der Waals surface area contributed by atoms with Crippen LogP contribution in [0.3, 0.4) is 0 Å². The lowest BCUT2D eigenvalue weighted by Crippen LogP contribution is -2.36. The van der Waals surface area contributed by atoms with E-state index in [4.69, 9.17) is 14.2 Å². The molecule has 0 aliphatic carbocycles. The second-order valence-corrected chi connectivity index (χ2v) is 9.42. The first kappa shape index (κ1) is 23.7. The normalized spacial score (nSPS) is 14.6. The molecular weight excluding hydrogens is 434 g/mol. The molecule has 0 aromatic heterocycles. The van der Waals surface area contributed by atoms with Crippen LogP contribution in [0.1, 0.15) is 45.5 Å². The number of Topliss-reactive ketones (excluding diaryl/α,β-unsaturated/α-hetero) is 1. The number of nitrogens with zero attached hydrogens (tertiary/aromatic N) is 1. The number of rotatable bonds is 8. The van der Waals surface area contributed by atoms with Gasteiger partial charge < -0.3 is 14.2 Å². The van der Waals surface area contributed by atoms with Crippen LogP contribution in [0.2, 0.25) is 0 Å². The molecule has 1 heterocycles. The Balaban J connectivity index is 1.75. The lowest BCUT2D eigenvalue weighted by molar-refractivity contribution is 0.0473. The summed E-state index contributed by atoms with van der Waals surface area (Å²) < 4.78 is 43.0. The number of carbonyl (C=O) groups is 2. The van der Waals surface area contributed by atoms with Gasteiger partial charge in [-0.2, -0.15) is 4.31 Å². The summed E-state index contributed by atoms with van der Waals surface area (Å²) in [6.45, 7) is 2.11. The van der Waals surface area contributed by atoms with E-state index in [2.05, 4.69) is 0 Å². The molecule has 0 spiro atoms. The van der Waals surface area contributed by atoms with Gasteiger partial charge in [0.1, 0.15) is 11.5 Å². The molecule has 0 N–H and O–H groups in total. The van der Waals surface area contributed by atoms with Gasteiger partial charge in [-0.1, -0.05) is 12.5 Å². The third-order valence-electron chi connectivity index (χ3n) is 5.40. The zero-order chi connectivity index (χ0) is 23.3. The third kappa shape index (κ3) is 5.11. The second kappa shape index (κ2) is 10.1. The molecule has 0 saturated carbocycles. The number of aryl methyl sites for hydroxylation is 1. The summed E-state index contributed by atoms with van der Waals surface area (Å²) in [6.07, 6.45) is 2.64. The van der Waals surface area contributed by atoms with Crippen LogP contribution in [0.25, 0.3) is 0 Å². The van der Waals surface area contributed by atoms with Gasteiger partial charge >= 0.3 is 5.97 Å². The summed E-state index contributed by atoms with van der Waals surface area (Å²) in [5, 5.41) is 0. The topological polar surface area (TPSA) is 99.2 Å². The van der Waals surface area contributed by atoms with Crippen LogP contribution in [-0.2, 0) is 14.8 Å². The SMILES string of the molecule is COc1ccc(C(=O)COC(=O)c2ccc(C)c(S(=O)(=O)N3CCCCC3)c2)c(OC)c1. The smallest absolute Gasteiger partial charge is 0.338 e. The number of ether oxygens (including phenoxy) is 3. The fourth-order valence-corrected chi connectivity index (χ4v) is 5.34. The number of sulfonamides is 1. The van der Waals surface area contributed by atoms with Crippen molar-refractivity contribution in [3.8, 4) is 11.5 Å². The van der Waals surface area contributed by atoms with Crippen molar-refractivity contribution in [3.63, 3.8) is 0 Å². The number of ketones is 1. The van der Waals surface area contributed by atoms with Gasteiger partial charge in [-0.15, -0.1) is 0 Å². The van der Waals surface area contributed by atoms with E-state index in [-0.39, 0.29) is 16.0 Å². The summed E-state index contributed by atoms with van der Waals surface area (Å²) in [5.41, 5.74) is 0.866. The second-order valence-electron chi connectivity index (χ2n) is 7.51. The Bertz CT molecular complexity index is 1110. The standard InChI is InChI=1S/C23H27NO7S/c1-16-7-8-17(13-22(16)32(27,28)24-11-5-4-6-12-24)23(26)31-15-20(25)19-10-9-18(29-2)14-21(19)30-3/h7-10,13-14H,4-6,11-12,15H2,1-3H3. The van der Waals surface area contributed by atoms with E-state index in [1.54, 1.807) is 25.1 Å². The van der Waals surface area contributed by atoms with E-state index in [1.807, 2.05) is 0 Å². The Morgan fingerprint density at radius 3 is 2.34 bits per heavy atom. The fraction of sp³-hybridized carbons (Fsp3) is 0.391. The van der Waals surface area contributed by atoms with E-state index >= 15 is 0 Å². The highest BCUT2D eigenvalue weighted by molar-refractivity contribution is 7.89. The molecule has 8 nitrogen and oxygen atoms in total. The lowest BCUT2D eigenvalue weighted by atomic mass is 10.1. The number of carbonyl (C=O) groups excluding carboxylic acids is 2. The van der Waals surface area contributed by atoms with Crippen LogP contribution in [0.15, 0.2) is 41.3 Å². The summed E-state index contributed by atoms with van der Waals surface area (Å²) in [4.78, 5) is 25.2. The maximum atomic E-state index is 13.1. The Morgan fingerprint density at radius 2 is 1.69 bits per heavy atom. The summed E-state index contributed by atoms with van der Waals surface area (Å²) in [5.74, 6) is -0.403. The first-order valence-electron chi connectivity index (χ1n) is 10.3. The molecule has 0 amide bonds. The van der Waals surface area contributed by atoms with Crippen molar-refractivity contribution in [2.24, 2.45) is 0 Å². The van der Waals surface area contributed by atoms with Crippen LogP contribution in [0, 0.1) is 6.92 Å². The van der Waals surface area contributed by atoms with E-state index in [0.717, 1.165) is 19.3 Å².